The van der Waals surface area contributed by atoms with Crippen LogP contribution in [0.15, 0.2) is 30.3 Å². The van der Waals surface area contributed by atoms with Crippen molar-refractivity contribution in [2.75, 3.05) is 0 Å². The molecule has 0 aliphatic rings. The van der Waals surface area contributed by atoms with E-state index in [1.165, 1.54) is 44.1 Å². The predicted molar refractivity (Wildman–Crippen MR) is 127 cm³/mol. The molecule has 1 aromatic heterocycles. The van der Waals surface area contributed by atoms with Crippen LogP contribution in [0.5, 0.6) is 0 Å². The van der Waals surface area contributed by atoms with Gasteiger partial charge in [-0.25, -0.2) is 0 Å². The number of pyridine rings is 1. The molecule has 0 bridgehead atoms. The highest BCUT2D eigenvalue weighted by Gasteiger charge is 2.44. The van der Waals surface area contributed by atoms with Crippen LogP contribution in [0.3, 0.4) is 0 Å². The Labute approximate surface area is 179 Å². The molecule has 1 aromatic carbocycles. The van der Waals surface area contributed by atoms with E-state index in [-0.39, 0.29) is 17.6 Å². The third-order valence-corrected chi connectivity index (χ3v) is 6.78. The van der Waals surface area contributed by atoms with E-state index < -0.39 is 9.04 Å². The third kappa shape index (κ3) is 6.13. The summed E-state index contributed by atoms with van der Waals surface area (Å²) in [5, 5.41) is 10.6. The minimum absolute atomic E-state index is 0.0179. The highest BCUT2D eigenvalue weighted by Crippen LogP contribution is 2.47. The molecule has 162 valence electrons. The molecule has 0 amide bonds. The van der Waals surface area contributed by atoms with Gasteiger partial charge in [0.05, 0.1) is 23.4 Å². The molecule has 1 N–H and O–H groups in total. The van der Waals surface area contributed by atoms with Crippen molar-refractivity contribution < 1.29 is 9.53 Å². The van der Waals surface area contributed by atoms with Crippen LogP contribution in [0, 0.1) is 5.41 Å². The van der Waals surface area contributed by atoms with Gasteiger partial charge >= 0.3 is 0 Å². The van der Waals surface area contributed by atoms with Crippen molar-refractivity contribution in [3.05, 3.63) is 41.6 Å². The third-order valence-electron chi connectivity index (χ3n) is 5.91. The van der Waals surface area contributed by atoms with Gasteiger partial charge < -0.3 is 9.53 Å². The lowest BCUT2D eigenvalue weighted by Crippen LogP contribution is -2.45. The van der Waals surface area contributed by atoms with Crippen molar-refractivity contribution in [3.63, 3.8) is 0 Å². The number of fused-ring (bicyclic) bond motifs is 1. The summed E-state index contributed by atoms with van der Waals surface area (Å²) in [6, 6.07) is 10.5. The number of hydrogen-bond acceptors (Lipinski definition) is 3. The molecule has 0 fully saturated rings. The smallest absolute Gasteiger partial charge is 0.172 e. The van der Waals surface area contributed by atoms with Crippen molar-refractivity contribution in [3.8, 4) is 0 Å². The average Bonchev–Trinajstić information content (AvgIpc) is 2.67. The Hall–Kier alpha value is -1.23. The molecule has 2 aromatic rings. The minimum Gasteiger partial charge on any atom is -0.411 e. The Bertz CT molecular complexity index is 769. The van der Waals surface area contributed by atoms with Crippen LogP contribution in [-0.2, 0) is 16.6 Å². The molecule has 0 aliphatic carbocycles. The van der Waals surface area contributed by atoms with E-state index in [0.717, 1.165) is 17.3 Å². The number of aliphatic hydroxyl groups is 1. The molecule has 0 radical (unpaired) electrons. The maximum Gasteiger partial charge on any atom is 0.172 e. The summed E-state index contributed by atoms with van der Waals surface area (Å²) in [5.74, 6) is 0. The highest BCUT2D eigenvalue weighted by molar-refractivity contribution is 6.48. The van der Waals surface area contributed by atoms with E-state index in [1.807, 2.05) is 12.1 Å². The summed E-state index contributed by atoms with van der Waals surface area (Å²) >= 11 is 0. The van der Waals surface area contributed by atoms with Crippen LogP contribution in [0.4, 0.5) is 0 Å². The second-order valence-corrected chi connectivity index (χ2v) is 12.0. The highest BCUT2D eigenvalue weighted by atomic mass is 28.3. The number of hydrogen-bond donors (Lipinski definition) is 1. The van der Waals surface area contributed by atoms with Crippen molar-refractivity contribution in [1.82, 2.24) is 4.98 Å². The Morgan fingerprint density at radius 2 is 1.62 bits per heavy atom. The molecule has 2 rings (SSSR count). The molecule has 4 heteroatoms. The standard InChI is InChI=1S/C25H41NO2Si/c1-7-8-9-10-11-12-17-25(24(2,3)4,28-29(5)6)21-15-13-20-14-16-22(19-27)26-23(20)18-21/h13-16,18,27,29H,7-12,17,19H2,1-6H3. The fraction of sp³-hybridized carbons (Fsp3) is 0.640. The van der Waals surface area contributed by atoms with Crippen LogP contribution in [0.2, 0.25) is 13.1 Å². The van der Waals surface area contributed by atoms with E-state index in [0.29, 0.717) is 5.69 Å². The monoisotopic (exact) mass is 415 g/mol. The Morgan fingerprint density at radius 3 is 2.24 bits per heavy atom. The van der Waals surface area contributed by atoms with Crippen LogP contribution in [-0.4, -0.2) is 19.1 Å². The quantitative estimate of drug-likeness (QED) is 0.327. The fourth-order valence-corrected chi connectivity index (χ4v) is 5.72. The zero-order valence-electron chi connectivity index (χ0n) is 19.4. The summed E-state index contributed by atoms with van der Waals surface area (Å²) in [5.41, 5.74) is 2.57. The SMILES string of the molecule is CCCCCCCCC(O[SiH](C)C)(c1ccc2ccc(CO)nc2c1)C(C)(C)C. The van der Waals surface area contributed by atoms with E-state index in [9.17, 15) is 5.11 Å². The summed E-state index contributed by atoms with van der Waals surface area (Å²) < 4.78 is 6.88. The lowest BCUT2D eigenvalue weighted by molar-refractivity contribution is -0.0505. The van der Waals surface area contributed by atoms with Gasteiger partial charge in [-0.1, -0.05) is 84.4 Å². The summed E-state index contributed by atoms with van der Waals surface area (Å²) in [7, 11) is -1.27. The normalized spacial score (nSPS) is 14.5. The topological polar surface area (TPSA) is 42.4 Å². The zero-order chi connectivity index (χ0) is 21.5. The minimum atomic E-state index is -1.27. The van der Waals surface area contributed by atoms with E-state index in [2.05, 4.69) is 64.0 Å². The molecule has 0 spiro atoms. The average molecular weight is 416 g/mol. The summed E-state index contributed by atoms with van der Waals surface area (Å²) in [6.45, 7) is 13.7. The fourth-order valence-electron chi connectivity index (χ4n) is 4.31. The summed E-state index contributed by atoms with van der Waals surface area (Å²) in [6.07, 6.45) is 8.76. The van der Waals surface area contributed by atoms with Crippen LogP contribution in [0.25, 0.3) is 10.9 Å². The van der Waals surface area contributed by atoms with E-state index in [1.54, 1.807) is 0 Å². The number of aliphatic hydroxyl groups excluding tert-OH is 1. The number of aromatic nitrogens is 1. The first kappa shape index (κ1) is 24.0. The van der Waals surface area contributed by atoms with Gasteiger partial charge in [-0.3, -0.25) is 4.98 Å². The molecular weight excluding hydrogens is 374 g/mol. The van der Waals surface area contributed by atoms with Gasteiger partial charge in [-0.05, 0) is 42.6 Å². The molecule has 0 aliphatic heterocycles. The van der Waals surface area contributed by atoms with E-state index in [4.69, 9.17) is 4.43 Å². The first-order valence-corrected chi connectivity index (χ1v) is 14.2. The Kier molecular flexibility index (Phi) is 8.86. The van der Waals surface area contributed by atoms with Crippen molar-refractivity contribution in [2.24, 2.45) is 5.41 Å². The Balaban J connectivity index is 2.40. The second-order valence-electron chi connectivity index (χ2n) is 9.63. The molecule has 0 saturated heterocycles. The molecule has 1 unspecified atom stereocenters. The molecule has 0 saturated carbocycles. The largest absolute Gasteiger partial charge is 0.411 e. The van der Waals surface area contributed by atoms with E-state index >= 15 is 0 Å². The second kappa shape index (κ2) is 10.7. The number of benzene rings is 1. The molecule has 3 nitrogen and oxygen atoms in total. The lowest BCUT2D eigenvalue weighted by atomic mass is 9.69. The van der Waals surface area contributed by atoms with Gasteiger partial charge in [0.2, 0.25) is 0 Å². The summed E-state index contributed by atoms with van der Waals surface area (Å²) in [4.78, 5) is 4.67. The zero-order valence-corrected chi connectivity index (χ0v) is 20.6. The molecular formula is C25H41NO2Si. The van der Waals surface area contributed by atoms with Gasteiger partial charge in [0.25, 0.3) is 0 Å². The first-order chi connectivity index (χ1) is 13.7. The molecule has 29 heavy (non-hydrogen) atoms. The number of unbranched alkanes of at least 4 members (excludes halogenated alkanes) is 5. The maximum absolute atomic E-state index is 9.50. The predicted octanol–water partition coefficient (Wildman–Crippen LogP) is 6.72. The van der Waals surface area contributed by atoms with Gasteiger partial charge in [0, 0.05) is 5.39 Å². The number of nitrogens with zero attached hydrogens (tertiary/aromatic N) is 1. The van der Waals surface area contributed by atoms with Gasteiger partial charge in [0.15, 0.2) is 9.04 Å². The lowest BCUT2D eigenvalue weighted by Gasteiger charge is -2.47. The Morgan fingerprint density at radius 1 is 0.966 bits per heavy atom. The van der Waals surface area contributed by atoms with Gasteiger partial charge in [-0.2, -0.15) is 0 Å². The molecule has 1 atom stereocenters. The number of rotatable bonds is 11. The first-order valence-electron chi connectivity index (χ1n) is 11.4. The van der Waals surface area contributed by atoms with Crippen molar-refractivity contribution in [2.45, 2.75) is 97.9 Å². The van der Waals surface area contributed by atoms with Crippen LogP contribution in [0.1, 0.15) is 83.9 Å². The van der Waals surface area contributed by atoms with Gasteiger partial charge in [-0.15, -0.1) is 0 Å². The van der Waals surface area contributed by atoms with Crippen LogP contribution >= 0.6 is 0 Å². The maximum atomic E-state index is 9.50. The molecule has 1 heterocycles. The van der Waals surface area contributed by atoms with Gasteiger partial charge in [0.1, 0.15) is 0 Å². The van der Waals surface area contributed by atoms with Crippen molar-refractivity contribution >= 4 is 19.9 Å². The van der Waals surface area contributed by atoms with Crippen molar-refractivity contribution in [1.29, 1.82) is 0 Å². The van der Waals surface area contributed by atoms with Crippen LogP contribution < -0.4 is 0 Å².